The highest BCUT2D eigenvalue weighted by atomic mass is 16.3. The Balaban J connectivity index is 1.02. The smallest absolute Gasteiger partial charge is 0.159 e. The first kappa shape index (κ1) is 36.2. The number of benzene rings is 12. The van der Waals surface area contributed by atoms with Crippen molar-refractivity contribution in [2.75, 3.05) is 4.90 Å². The van der Waals surface area contributed by atoms with E-state index in [1.807, 2.05) is 0 Å². The lowest BCUT2D eigenvalue weighted by Gasteiger charge is -2.27. The van der Waals surface area contributed by atoms with E-state index in [4.69, 9.17) is 4.42 Å². The van der Waals surface area contributed by atoms with Gasteiger partial charge in [0, 0.05) is 27.2 Å². The van der Waals surface area contributed by atoms with Crippen molar-refractivity contribution >= 4 is 92.9 Å². The SMILES string of the molecule is c1ccc(-c2c(-c3ccccc3)c3cc(-c4ccc(N(c5cccc6c5ccc5ccccc56)c5cccc6c5oc5c7ccccc7ccc65)cc4)ccc3c3ccccc23)cc1. The summed E-state index contributed by atoms with van der Waals surface area (Å²) in [5, 5.41) is 14.3. The largest absolute Gasteiger partial charge is 0.453 e. The molecular formula is C62H39NO. The number of rotatable bonds is 6. The summed E-state index contributed by atoms with van der Waals surface area (Å²) >= 11 is 0. The van der Waals surface area contributed by atoms with Gasteiger partial charge >= 0.3 is 0 Å². The Morgan fingerprint density at radius 1 is 0.250 bits per heavy atom. The quantitative estimate of drug-likeness (QED) is 0.156. The van der Waals surface area contributed by atoms with Crippen LogP contribution in [0.25, 0.3) is 109 Å². The molecule has 64 heavy (non-hydrogen) atoms. The molecule has 0 aliphatic carbocycles. The van der Waals surface area contributed by atoms with E-state index in [0.29, 0.717) is 0 Å². The standard InChI is InChI=1S/C62H39NO/c1-3-17-43(18-4-1)59-53-24-12-11-23-50(53)51-36-33-45(39-56(51)60(59)44-19-5-2-6-20-44)40-29-34-46(35-30-40)63(57-27-13-25-49-47-21-9-7-15-41(47)31-37-52(49)57)58-28-14-26-54-55-38-32-42-16-8-10-22-48(42)61(55)64-62(54)58/h1-39H. The summed E-state index contributed by atoms with van der Waals surface area (Å²) in [6, 6.07) is 86.0. The van der Waals surface area contributed by atoms with Crippen molar-refractivity contribution in [2.45, 2.75) is 0 Å². The molecule has 0 bridgehead atoms. The topological polar surface area (TPSA) is 16.4 Å². The van der Waals surface area contributed by atoms with Crippen molar-refractivity contribution in [3.8, 4) is 33.4 Å². The molecule has 13 aromatic rings. The van der Waals surface area contributed by atoms with Crippen LogP contribution < -0.4 is 4.90 Å². The molecular weight excluding hydrogens is 775 g/mol. The van der Waals surface area contributed by atoms with Crippen LogP contribution in [0.3, 0.4) is 0 Å². The number of furan rings is 1. The van der Waals surface area contributed by atoms with Gasteiger partial charge in [0.15, 0.2) is 5.58 Å². The Morgan fingerprint density at radius 2 is 0.734 bits per heavy atom. The maximum absolute atomic E-state index is 7.02. The van der Waals surface area contributed by atoms with E-state index in [9.17, 15) is 0 Å². The summed E-state index contributed by atoms with van der Waals surface area (Å²) in [6.45, 7) is 0. The Labute approximate surface area is 370 Å². The number of para-hydroxylation sites is 1. The van der Waals surface area contributed by atoms with E-state index in [1.54, 1.807) is 0 Å². The Kier molecular flexibility index (Phi) is 8.25. The molecule has 0 aliphatic rings. The summed E-state index contributed by atoms with van der Waals surface area (Å²) in [7, 11) is 0. The summed E-state index contributed by atoms with van der Waals surface area (Å²) in [6.07, 6.45) is 0. The van der Waals surface area contributed by atoms with Crippen LogP contribution >= 0.6 is 0 Å². The van der Waals surface area contributed by atoms with Crippen LogP contribution in [0.15, 0.2) is 241 Å². The first-order valence-electron chi connectivity index (χ1n) is 22.0. The van der Waals surface area contributed by atoms with Crippen LogP contribution in [0.5, 0.6) is 0 Å². The van der Waals surface area contributed by atoms with Crippen molar-refractivity contribution in [1.29, 1.82) is 0 Å². The molecule has 0 fully saturated rings. The molecule has 298 valence electrons. The van der Waals surface area contributed by atoms with Crippen molar-refractivity contribution in [2.24, 2.45) is 0 Å². The average molecular weight is 814 g/mol. The van der Waals surface area contributed by atoms with Gasteiger partial charge in [0.2, 0.25) is 0 Å². The Bertz CT molecular complexity index is 3940. The molecule has 2 nitrogen and oxygen atoms in total. The third kappa shape index (κ3) is 5.66. The van der Waals surface area contributed by atoms with Gasteiger partial charge in [0.05, 0.1) is 11.4 Å². The lowest BCUT2D eigenvalue weighted by atomic mass is 9.84. The van der Waals surface area contributed by atoms with E-state index >= 15 is 0 Å². The molecule has 13 rings (SSSR count). The fourth-order valence-electron chi connectivity index (χ4n) is 10.3. The van der Waals surface area contributed by atoms with Crippen LogP contribution in [0, 0.1) is 0 Å². The maximum Gasteiger partial charge on any atom is 0.159 e. The van der Waals surface area contributed by atoms with Crippen molar-refractivity contribution in [3.63, 3.8) is 0 Å². The molecule has 0 radical (unpaired) electrons. The molecule has 0 N–H and O–H groups in total. The first-order valence-corrected chi connectivity index (χ1v) is 22.0. The van der Waals surface area contributed by atoms with Gasteiger partial charge in [-0.25, -0.2) is 0 Å². The molecule has 0 amide bonds. The molecule has 0 aliphatic heterocycles. The van der Waals surface area contributed by atoms with Crippen LogP contribution in [0.1, 0.15) is 0 Å². The number of anilines is 3. The first-order chi connectivity index (χ1) is 31.8. The Morgan fingerprint density at radius 3 is 1.47 bits per heavy atom. The van der Waals surface area contributed by atoms with Crippen LogP contribution in [-0.4, -0.2) is 0 Å². The second-order valence-corrected chi connectivity index (χ2v) is 16.7. The monoisotopic (exact) mass is 813 g/mol. The van der Waals surface area contributed by atoms with Gasteiger partial charge in [-0.05, 0) is 113 Å². The van der Waals surface area contributed by atoms with Gasteiger partial charge in [-0.2, -0.15) is 0 Å². The van der Waals surface area contributed by atoms with Gasteiger partial charge in [0.1, 0.15) is 5.58 Å². The van der Waals surface area contributed by atoms with E-state index < -0.39 is 0 Å². The highest BCUT2D eigenvalue weighted by molar-refractivity contribution is 6.23. The maximum atomic E-state index is 7.02. The third-order valence-electron chi connectivity index (χ3n) is 13.2. The van der Waals surface area contributed by atoms with E-state index in [0.717, 1.165) is 55.3 Å². The summed E-state index contributed by atoms with van der Waals surface area (Å²) in [5.74, 6) is 0. The minimum Gasteiger partial charge on any atom is -0.453 e. The molecule has 0 saturated heterocycles. The van der Waals surface area contributed by atoms with Crippen molar-refractivity contribution < 1.29 is 4.42 Å². The zero-order valence-corrected chi connectivity index (χ0v) is 34.9. The molecule has 0 unspecified atom stereocenters. The molecule has 0 spiro atoms. The van der Waals surface area contributed by atoms with Crippen LogP contribution in [-0.2, 0) is 0 Å². The van der Waals surface area contributed by atoms with Gasteiger partial charge in [-0.1, -0.05) is 200 Å². The lowest BCUT2D eigenvalue weighted by molar-refractivity contribution is 0.673. The summed E-state index contributed by atoms with van der Waals surface area (Å²) in [5.41, 5.74) is 12.1. The second-order valence-electron chi connectivity index (χ2n) is 16.7. The fraction of sp³-hybridized carbons (Fsp3) is 0. The molecule has 0 atom stereocenters. The van der Waals surface area contributed by atoms with Gasteiger partial charge in [-0.3, -0.25) is 0 Å². The number of hydrogen-bond acceptors (Lipinski definition) is 2. The number of nitrogens with zero attached hydrogens (tertiary/aromatic N) is 1. The molecule has 1 heterocycles. The second kappa shape index (κ2) is 14.6. The predicted octanol–water partition coefficient (Wildman–Crippen LogP) is 17.8. The average Bonchev–Trinajstić information content (AvgIpc) is 3.77. The lowest BCUT2D eigenvalue weighted by Crippen LogP contribution is -2.10. The third-order valence-corrected chi connectivity index (χ3v) is 13.2. The van der Waals surface area contributed by atoms with Crippen LogP contribution in [0.2, 0.25) is 0 Å². The van der Waals surface area contributed by atoms with Gasteiger partial charge < -0.3 is 9.32 Å². The van der Waals surface area contributed by atoms with E-state index in [-0.39, 0.29) is 0 Å². The van der Waals surface area contributed by atoms with E-state index in [1.165, 1.54) is 70.9 Å². The molecule has 1 aromatic heterocycles. The number of fused-ring (bicyclic) bond motifs is 11. The zero-order chi connectivity index (χ0) is 42.1. The minimum absolute atomic E-state index is 0.861. The Hall–Kier alpha value is -8.46. The minimum atomic E-state index is 0.861. The van der Waals surface area contributed by atoms with Crippen molar-refractivity contribution in [3.05, 3.63) is 237 Å². The normalized spacial score (nSPS) is 11.8. The molecule has 0 saturated carbocycles. The van der Waals surface area contributed by atoms with E-state index in [2.05, 4.69) is 241 Å². The zero-order valence-electron chi connectivity index (χ0n) is 34.9. The summed E-state index contributed by atoms with van der Waals surface area (Å²) < 4.78 is 7.02. The molecule has 2 heteroatoms. The summed E-state index contributed by atoms with van der Waals surface area (Å²) in [4.78, 5) is 2.39. The van der Waals surface area contributed by atoms with Crippen molar-refractivity contribution in [1.82, 2.24) is 0 Å². The highest BCUT2D eigenvalue weighted by Gasteiger charge is 2.23. The fourth-order valence-corrected chi connectivity index (χ4v) is 10.3. The molecule has 12 aromatic carbocycles. The predicted molar refractivity (Wildman–Crippen MR) is 272 cm³/mol. The number of hydrogen-bond donors (Lipinski definition) is 0. The van der Waals surface area contributed by atoms with Gasteiger partial charge in [-0.15, -0.1) is 0 Å². The van der Waals surface area contributed by atoms with Gasteiger partial charge in [0.25, 0.3) is 0 Å². The van der Waals surface area contributed by atoms with Crippen LogP contribution in [0.4, 0.5) is 17.1 Å². The highest BCUT2D eigenvalue weighted by Crippen LogP contribution is 2.48.